The smallest absolute Gasteiger partial charge is 0.131 e. The highest BCUT2D eigenvalue weighted by Gasteiger charge is 2.08. The first-order valence-corrected chi connectivity index (χ1v) is 15.8. The molecule has 246 valence electrons. The Morgan fingerprint density at radius 1 is 0.220 bits per heavy atom. The number of rotatable bonds is 12. The summed E-state index contributed by atoms with van der Waals surface area (Å²) in [4.78, 5) is 0. The second-order valence-corrected chi connectivity index (χ2v) is 11.1. The van der Waals surface area contributed by atoms with Gasteiger partial charge in [-0.3, -0.25) is 0 Å². The summed E-state index contributed by atoms with van der Waals surface area (Å²) in [6.07, 6.45) is 0. The third kappa shape index (κ3) is 8.64. The number of nitrogen functional groups attached to an aromatic ring is 2. The maximum absolute atomic E-state index is 6.17. The van der Waals surface area contributed by atoms with E-state index in [0.29, 0.717) is 80.4 Å². The van der Waals surface area contributed by atoms with E-state index in [-0.39, 0.29) is 0 Å². The number of benzene rings is 7. The average Bonchev–Trinajstić information content (AvgIpc) is 3.09. The summed E-state index contributed by atoms with van der Waals surface area (Å²) in [7, 11) is 0. The molecular weight excluding hydrogens is 628 g/mol. The molecule has 0 aliphatic carbocycles. The predicted octanol–water partition coefficient (Wildman–Crippen LogP) is 11.6. The third-order valence-corrected chi connectivity index (χ3v) is 7.16. The molecule has 0 fully saturated rings. The van der Waals surface area contributed by atoms with Crippen LogP contribution in [0.3, 0.4) is 0 Å². The van der Waals surface area contributed by atoms with Crippen LogP contribution in [0.15, 0.2) is 170 Å². The molecule has 0 spiro atoms. The fourth-order valence-electron chi connectivity index (χ4n) is 4.98. The van der Waals surface area contributed by atoms with Crippen molar-refractivity contribution >= 4 is 11.4 Å². The predicted molar refractivity (Wildman–Crippen MR) is 194 cm³/mol. The quantitative estimate of drug-likeness (QED) is 0.125. The first-order valence-electron chi connectivity index (χ1n) is 15.8. The van der Waals surface area contributed by atoms with E-state index in [1.165, 1.54) is 0 Å². The zero-order chi connectivity index (χ0) is 34.1. The van der Waals surface area contributed by atoms with Crippen molar-refractivity contribution in [2.24, 2.45) is 0 Å². The molecule has 8 heteroatoms. The van der Waals surface area contributed by atoms with Gasteiger partial charge in [0.05, 0.1) is 0 Å². The van der Waals surface area contributed by atoms with Crippen LogP contribution in [0.2, 0.25) is 0 Å². The molecule has 0 aromatic heterocycles. The molecule has 0 unspecified atom stereocenters. The Morgan fingerprint density at radius 2 is 0.380 bits per heavy atom. The van der Waals surface area contributed by atoms with Crippen molar-refractivity contribution in [1.29, 1.82) is 0 Å². The Labute approximate surface area is 289 Å². The molecule has 0 saturated heterocycles. The van der Waals surface area contributed by atoms with Gasteiger partial charge in [-0.15, -0.1) is 0 Å². The largest absolute Gasteiger partial charge is 0.457 e. The number of hydrogen-bond donors (Lipinski definition) is 2. The molecule has 4 N–H and O–H groups in total. The first-order chi connectivity index (χ1) is 24.5. The fraction of sp³-hybridized carbons (Fsp3) is 0. The Balaban J connectivity index is 0.979. The van der Waals surface area contributed by atoms with Crippen molar-refractivity contribution in [3.8, 4) is 69.0 Å². The summed E-state index contributed by atoms with van der Waals surface area (Å²) in [5, 5.41) is 0. The number of hydrogen-bond acceptors (Lipinski definition) is 8. The maximum Gasteiger partial charge on any atom is 0.131 e. The second kappa shape index (κ2) is 14.8. The minimum atomic E-state index is 0.599. The van der Waals surface area contributed by atoms with Gasteiger partial charge in [-0.25, -0.2) is 0 Å². The second-order valence-electron chi connectivity index (χ2n) is 11.1. The molecule has 7 aromatic carbocycles. The summed E-state index contributed by atoms with van der Waals surface area (Å²) in [6, 6.07) is 51.5. The van der Waals surface area contributed by atoms with Gasteiger partial charge in [0.15, 0.2) is 0 Å². The van der Waals surface area contributed by atoms with Gasteiger partial charge >= 0.3 is 0 Å². The van der Waals surface area contributed by atoms with Crippen LogP contribution < -0.4 is 39.9 Å². The highest BCUT2D eigenvalue weighted by atomic mass is 16.5. The summed E-state index contributed by atoms with van der Waals surface area (Å²) in [5.41, 5.74) is 13.0. The zero-order valence-electron chi connectivity index (χ0n) is 26.8. The molecular formula is C42H32N2O6. The van der Waals surface area contributed by atoms with E-state index < -0.39 is 0 Å². The van der Waals surface area contributed by atoms with Gasteiger partial charge in [0.25, 0.3) is 0 Å². The molecule has 8 nitrogen and oxygen atoms in total. The molecule has 50 heavy (non-hydrogen) atoms. The average molecular weight is 661 g/mol. The van der Waals surface area contributed by atoms with E-state index in [1.807, 2.05) is 158 Å². The Hall–Kier alpha value is -7.06. The monoisotopic (exact) mass is 660 g/mol. The third-order valence-electron chi connectivity index (χ3n) is 7.16. The molecule has 0 aliphatic rings. The normalized spacial score (nSPS) is 10.6. The molecule has 0 aliphatic heterocycles. The van der Waals surface area contributed by atoms with Crippen LogP contribution in [0.5, 0.6) is 69.0 Å². The summed E-state index contributed by atoms with van der Waals surface area (Å²) < 4.78 is 36.5. The Bertz CT molecular complexity index is 2080. The van der Waals surface area contributed by atoms with Crippen LogP contribution in [0, 0.1) is 0 Å². The minimum absolute atomic E-state index is 0.599. The van der Waals surface area contributed by atoms with Crippen molar-refractivity contribution in [2.75, 3.05) is 11.5 Å². The SMILES string of the molecule is Nc1cccc(Oc2cccc(Oc3cccc(Oc4cccc(Oc5cccc(Oc6cccc(Oc7cccc(N)c7)c6)c5)c4)c3)c2)c1. The van der Waals surface area contributed by atoms with E-state index in [0.717, 1.165) is 0 Å². The van der Waals surface area contributed by atoms with Crippen LogP contribution >= 0.6 is 0 Å². The lowest BCUT2D eigenvalue weighted by atomic mass is 10.3. The lowest BCUT2D eigenvalue weighted by molar-refractivity contribution is 0.444. The molecule has 0 amide bonds. The Kier molecular flexibility index (Phi) is 9.33. The van der Waals surface area contributed by atoms with Crippen LogP contribution in [-0.4, -0.2) is 0 Å². The van der Waals surface area contributed by atoms with Crippen molar-refractivity contribution in [3.63, 3.8) is 0 Å². The number of nitrogens with two attached hydrogens (primary N) is 2. The summed E-state index contributed by atoms with van der Waals surface area (Å²) in [6.45, 7) is 0. The molecule has 0 heterocycles. The fourth-order valence-corrected chi connectivity index (χ4v) is 4.98. The van der Waals surface area contributed by atoms with Gasteiger partial charge in [0.1, 0.15) is 69.0 Å². The molecule has 0 radical (unpaired) electrons. The lowest BCUT2D eigenvalue weighted by Gasteiger charge is -2.12. The van der Waals surface area contributed by atoms with Crippen molar-refractivity contribution < 1.29 is 28.4 Å². The van der Waals surface area contributed by atoms with E-state index in [2.05, 4.69) is 0 Å². The highest BCUT2D eigenvalue weighted by Crippen LogP contribution is 2.35. The van der Waals surface area contributed by atoms with E-state index in [9.17, 15) is 0 Å². The van der Waals surface area contributed by atoms with E-state index in [4.69, 9.17) is 39.9 Å². The van der Waals surface area contributed by atoms with Gasteiger partial charge < -0.3 is 39.9 Å². The molecule has 0 bridgehead atoms. The van der Waals surface area contributed by atoms with Crippen LogP contribution in [0.1, 0.15) is 0 Å². The standard InChI is InChI=1S/C42H32N2O6/c43-29-8-1-10-31(22-29)45-33-12-3-14-35(24-33)47-37-16-5-18-39(26-37)49-41-20-7-21-42(28-41)50-40-19-6-17-38(27-40)48-36-15-4-13-34(25-36)46-32-11-2-9-30(44)23-32/h1-28H,43-44H2. The van der Waals surface area contributed by atoms with Gasteiger partial charge in [-0.2, -0.15) is 0 Å². The molecule has 0 atom stereocenters. The highest BCUT2D eigenvalue weighted by molar-refractivity contribution is 5.49. The van der Waals surface area contributed by atoms with Crippen molar-refractivity contribution in [2.45, 2.75) is 0 Å². The van der Waals surface area contributed by atoms with Crippen LogP contribution in [-0.2, 0) is 0 Å². The van der Waals surface area contributed by atoms with Crippen LogP contribution in [0.4, 0.5) is 11.4 Å². The van der Waals surface area contributed by atoms with Crippen molar-refractivity contribution in [1.82, 2.24) is 0 Å². The van der Waals surface area contributed by atoms with E-state index in [1.54, 1.807) is 12.1 Å². The van der Waals surface area contributed by atoms with Crippen LogP contribution in [0.25, 0.3) is 0 Å². The number of anilines is 2. The minimum Gasteiger partial charge on any atom is -0.457 e. The first kappa shape index (κ1) is 31.5. The lowest BCUT2D eigenvalue weighted by Crippen LogP contribution is -1.90. The number of ether oxygens (including phenoxy) is 6. The topological polar surface area (TPSA) is 107 Å². The van der Waals surface area contributed by atoms with Gasteiger partial charge in [0, 0.05) is 53.8 Å². The van der Waals surface area contributed by atoms with Gasteiger partial charge in [-0.05, 0) is 84.9 Å². The zero-order valence-corrected chi connectivity index (χ0v) is 26.8. The van der Waals surface area contributed by atoms with Gasteiger partial charge in [0.2, 0.25) is 0 Å². The summed E-state index contributed by atoms with van der Waals surface area (Å²) >= 11 is 0. The van der Waals surface area contributed by atoms with E-state index >= 15 is 0 Å². The molecule has 0 saturated carbocycles. The van der Waals surface area contributed by atoms with Gasteiger partial charge in [-0.1, -0.05) is 42.5 Å². The maximum atomic E-state index is 6.17. The Morgan fingerprint density at radius 3 is 0.560 bits per heavy atom. The van der Waals surface area contributed by atoms with Crippen molar-refractivity contribution in [3.05, 3.63) is 170 Å². The molecule has 7 aromatic rings. The summed E-state index contributed by atoms with van der Waals surface area (Å²) in [5.74, 6) is 7.39. The molecule has 7 rings (SSSR count).